The van der Waals surface area contributed by atoms with Gasteiger partial charge in [0.05, 0.1) is 5.25 Å². The van der Waals surface area contributed by atoms with E-state index in [1.807, 2.05) is 24.0 Å². The summed E-state index contributed by atoms with van der Waals surface area (Å²) in [5.41, 5.74) is 2.21. The first-order valence-corrected chi connectivity index (χ1v) is 10.6. The molecule has 140 valence electrons. The number of hydrogen-bond donors (Lipinski definition) is 1. The minimum absolute atomic E-state index is 0.150. The van der Waals surface area contributed by atoms with Crippen molar-refractivity contribution in [2.75, 3.05) is 38.0 Å². The number of aromatic nitrogens is 2. The van der Waals surface area contributed by atoms with Crippen LogP contribution in [0, 0.1) is 6.92 Å². The van der Waals surface area contributed by atoms with Crippen LogP contribution >= 0.6 is 23.1 Å². The highest BCUT2D eigenvalue weighted by atomic mass is 32.2. The fourth-order valence-corrected chi connectivity index (χ4v) is 4.81. The first-order chi connectivity index (χ1) is 12.5. The zero-order valence-corrected chi connectivity index (χ0v) is 17.1. The summed E-state index contributed by atoms with van der Waals surface area (Å²) in [4.78, 5) is 17.0. The molecule has 1 aromatic carbocycles. The number of carbonyl (C=O) groups excluding carboxylic acids is 1. The van der Waals surface area contributed by atoms with Crippen molar-refractivity contribution in [3.63, 3.8) is 0 Å². The summed E-state index contributed by atoms with van der Waals surface area (Å²) in [7, 11) is 0. The van der Waals surface area contributed by atoms with Crippen LogP contribution in [0.4, 0.5) is 10.8 Å². The Bertz CT molecular complexity index is 725. The van der Waals surface area contributed by atoms with Crippen molar-refractivity contribution in [3.05, 3.63) is 29.8 Å². The van der Waals surface area contributed by atoms with E-state index in [1.165, 1.54) is 28.7 Å². The summed E-state index contributed by atoms with van der Waals surface area (Å²) < 4.78 is 0.813. The third-order valence-electron chi connectivity index (χ3n) is 4.47. The first kappa shape index (κ1) is 19.1. The Hall–Kier alpha value is -1.64. The molecule has 0 unspecified atom stereocenters. The van der Waals surface area contributed by atoms with Gasteiger partial charge in [-0.05, 0) is 32.5 Å². The average molecular weight is 392 g/mol. The molecule has 6 nitrogen and oxygen atoms in total. The van der Waals surface area contributed by atoms with Crippen LogP contribution < -0.4 is 5.32 Å². The Kier molecular flexibility index (Phi) is 6.50. The molecule has 2 heterocycles. The van der Waals surface area contributed by atoms with Crippen LogP contribution in [0.2, 0.25) is 0 Å². The standard InChI is InChI=1S/C18H25N5OS2/c1-4-22-9-11-23(12-10-22)16(24)14(3)25-18-21-20-17(26-18)19-15-7-5-13(2)6-8-15/h5-8,14H,4,9-12H2,1-3H3,(H,19,20)/t14-/m1/s1. The predicted octanol–water partition coefficient (Wildman–Crippen LogP) is 3.23. The van der Waals surface area contributed by atoms with Crippen LogP contribution in [-0.2, 0) is 4.79 Å². The van der Waals surface area contributed by atoms with E-state index in [4.69, 9.17) is 0 Å². The van der Waals surface area contributed by atoms with Crippen LogP contribution in [0.5, 0.6) is 0 Å². The second-order valence-electron chi connectivity index (χ2n) is 6.38. The van der Waals surface area contributed by atoms with Gasteiger partial charge in [-0.2, -0.15) is 0 Å². The number of aryl methyl sites for hydroxylation is 1. The number of rotatable bonds is 6. The lowest BCUT2D eigenvalue weighted by atomic mass is 10.2. The van der Waals surface area contributed by atoms with Gasteiger partial charge < -0.3 is 15.1 Å². The molecule has 2 aromatic rings. The van der Waals surface area contributed by atoms with Crippen molar-refractivity contribution in [1.29, 1.82) is 0 Å². The summed E-state index contributed by atoms with van der Waals surface area (Å²) >= 11 is 2.96. The number of likely N-dealkylation sites (N-methyl/N-ethyl adjacent to an activating group) is 1. The van der Waals surface area contributed by atoms with Crippen molar-refractivity contribution in [1.82, 2.24) is 20.0 Å². The van der Waals surface area contributed by atoms with Gasteiger partial charge >= 0.3 is 0 Å². The molecule has 8 heteroatoms. The second kappa shape index (κ2) is 8.83. The number of carbonyl (C=O) groups is 1. The summed E-state index contributed by atoms with van der Waals surface area (Å²) in [5, 5.41) is 12.3. The second-order valence-corrected chi connectivity index (χ2v) is 8.95. The number of amides is 1. The van der Waals surface area contributed by atoms with Crippen LogP contribution in [0.25, 0.3) is 0 Å². The average Bonchev–Trinajstić information content (AvgIpc) is 3.10. The smallest absolute Gasteiger partial charge is 0.235 e. The number of nitrogens with zero attached hydrogens (tertiary/aromatic N) is 4. The fourth-order valence-electron chi connectivity index (χ4n) is 2.81. The maximum Gasteiger partial charge on any atom is 0.235 e. The van der Waals surface area contributed by atoms with Crippen molar-refractivity contribution < 1.29 is 4.79 Å². The molecule has 1 fully saturated rings. The number of benzene rings is 1. The molecule has 1 aliphatic rings. The van der Waals surface area contributed by atoms with Crippen LogP contribution in [-0.4, -0.2) is 63.9 Å². The zero-order chi connectivity index (χ0) is 18.5. The number of hydrogen-bond acceptors (Lipinski definition) is 7. The molecule has 3 rings (SSSR count). The number of thioether (sulfide) groups is 1. The van der Waals surface area contributed by atoms with Crippen molar-refractivity contribution in [2.24, 2.45) is 0 Å². The van der Waals surface area contributed by atoms with Gasteiger partial charge in [0.15, 0.2) is 4.34 Å². The van der Waals surface area contributed by atoms with E-state index in [0.717, 1.165) is 47.9 Å². The molecule has 0 bridgehead atoms. The van der Waals surface area contributed by atoms with Gasteiger partial charge in [-0.15, -0.1) is 10.2 Å². The van der Waals surface area contributed by atoms with Gasteiger partial charge in [-0.1, -0.05) is 47.7 Å². The van der Waals surface area contributed by atoms with Crippen LogP contribution in [0.3, 0.4) is 0 Å². The molecule has 1 atom stereocenters. The Balaban J connectivity index is 1.53. The lowest BCUT2D eigenvalue weighted by Crippen LogP contribution is -2.50. The van der Waals surface area contributed by atoms with E-state index in [1.54, 1.807) is 0 Å². The Labute approximate surface area is 163 Å². The largest absolute Gasteiger partial charge is 0.339 e. The van der Waals surface area contributed by atoms with Gasteiger partial charge in [0, 0.05) is 31.9 Å². The Morgan fingerprint density at radius 3 is 2.58 bits per heavy atom. The zero-order valence-electron chi connectivity index (χ0n) is 15.4. The quantitative estimate of drug-likeness (QED) is 0.763. The van der Waals surface area contributed by atoms with Crippen LogP contribution in [0.1, 0.15) is 19.4 Å². The maximum absolute atomic E-state index is 12.7. The van der Waals surface area contributed by atoms with Gasteiger partial charge in [-0.25, -0.2) is 0 Å². The lowest BCUT2D eigenvalue weighted by Gasteiger charge is -2.35. The van der Waals surface area contributed by atoms with E-state index in [2.05, 4.69) is 46.4 Å². The molecule has 0 spiro atoms. The third-order valence-corrected chi connectivity index (χ3v) is 6.48. The summed E-state index contributed by atoms with van der Waals surface area (Å²) in [6.07, 6.45) is 0. The lowest BCUT2D eigenvalue weighted by molar-refractivity contribution is -0.132. The molecule has 1 amide bonds. The van der Waals surface area contributed by atoms with E-state index in [-0.39, 0.29) is 11.2 Å². The normalized spacial score (nSPS) is 16.5. The van der Waals surface area contributed by atoms with E-state index >= 15 is 0 Å². The minimum Gasteiger partial charge on any atom is -0.339 e. The highest BCUT2D eigenvalue weighted by Crippen LogP contribution is 2.31. The predicted molar refractivity (Wildman–Crippen MR) is 108 cm³/mol. The highest BCUT2D eigenvalue weighted by molar-refractivity contribution is 8.02. The topological polar surface area (TPSA) is 61.4 Å². The maximum atomic E-state index is 12.7. The molecule has 0 saturated carbocycles. The van der Waals surface area contributed by atoms with Crippen LogP contribution in [0.15, 0.2) is 28.6 Å². The molecular weight excluding hydrogens is 366 g/mol. The number of anilines is 2. The fraction of sp³-hybridized carbons (Fsp3) is 0.500. The Morgan fingerprint density at radius 2 is 1.92 bits per heavy atom. The van der Waals surface area contributed by atoms with Gasteiger partial charge in [0.25, 0.3) is 0 Å². The van der Waals surface area contributed by atoms with E-state index in [0.29, 0.717) is 0 Å². The van der Waals surface area contributed by atoms with Gasteiger partial charge in [-0.3, -0.25) is 4.79 Å². The molecule has 1 aromatic heterocycles. The van der Waals surface area contributed by atoms with Crippen molar-refractivity contribution in [2.45, 2.75) is 30.4 Å². The third kappa shape index (κ3) is 4.96. The highest BCUT2D eigenvalue weighted by Gasteiger charge is 2.25. The SMILES string of the molecule is CCN1CCN(C(=O)[C@@H](C)Sc2nnc(Nc3ccc(C)cc3)s2)CC1. The number of piperazine rings is 1. The van der Waals surface area contributed by atoms with Crippen molar-refractivity contribution >= 4 is 39.8 Å². The Morgan fingerprint density at radius 1 is 1.23 bits per heavy atom. The number of nitrogens with one attached hydrogen (secondary N) is 1. The minimum atomic E-state index is -0.150. The molecule has 1 N–H and O–H groups in total. The summed E-state index contributed by atoms with van der Waals surface area (Å²) in [6, 6.07) is 8.15. The van der Waals surface area contributed by atoms with Crippen molar-refractivity contribution in [3.8, 4) is 0 Å². The monoisotopic (exact) mass is 391 g/mol. The molecule has 1 saturated heterocycles. The summed E-state index contributed by atoms with van der Waals surface area (Å²) in [6.45, 7) is 10.8. The summed E-state index contributed by atoms with van der Waals surface area (Å²) in [5.74, 6) is 0.189. The molecule has 1 aliphatic heterocycles. The van der Waals surface area contributed by atoms with Gasteiger partial charge in [0.1, 0.15) is 0 Å². The van der Waals surface area contributed by atoms with E-state index < -0.39 is 0 Å². The molecule has 0 aliphatic carbocycles. The first-order valence-electron chi connectivity index (χ1n) is 8.90. The van der Waals surface area contributed by atoms with E-state index in [9.17, 15) is 4.79 Å². The van der Waals surface area contributed by atoms with Gasteiger partial charge in [0.2, 0.25) is 11.0 Å². The molecular formula is C18H25N5OS2. The molecule has 26 heavy (non-hydrogen) atoms. The molecule has 0 radical (unpaired) electrons.